The van der Waals surface area contributed by atoms with Crippen LogP contribution in [-0.2, 0) is 9.47 Å². The molecule has 2 aliphatic rings. The van der Waals surface area contributed by atoms with Crippen molar-refractivity contribution in [1.82, 2.24) is 0 Å². The third-order valence-electron chi connectivity index (χ3n) is 7.02. The molecule has 0 aromatic heterocycles. The molecule has 0 amide bonds. The van der Waals surface area contributed by atoms with E-state index in [1.165, 1.54) is 64.2 Å². The molecule has 3 rings (SSSR count). The molecule has 0 bridgehead atoms. The van der Waals surface area contributed by atoms with Gasteiger partial charge in [0.25, 0.3) is 0 Å². The zero-order valence-electron chi connectivity index (χ0n) is 19.8. The van der Waals surface area contributed by atoms with E-state index in [-0.39, 0.29) is 24.1 Å². The van der Waals surface area contributed by atoms with Gasteiger partial charge in [0.2, 0.25) is 0 Å². The number of hydrogen-bond acceptors (Lipinski definition) is 4. The van der Waals surface area contributed by atoms with E-state index in [2.05, 4.69) is 0 Å². The van der Waals surface area contributed by atoms with Crippen LogP contribution in [0.5, 0.6) is 0 Å². The molecule has 1 aromatic rings. The second-order valence-electron chi connectivity index (χ2n) is 9.70. The van der Waals surface area contributed by atoms with Crippen LogP contribution in [0.3, 0.4) is 0 Å². The number of ether oxygens (including phenoxy) is 2. The van der Waals surface area contributed by atoms with E-state index in [1.54, 1.807) is 24.3 Å². The zero-order valence-corrected chi connectivity index (χ0v) is 19.8. The third-order valence-corrected chi connectivity index (χ3v) is 7.02. The fourth-order valence-electron chi connectivity index (χ4n) is 5.05. The molecule has 2 saturated carbocycles. The predicted octanol–water partition coefficient (Wildman–Crippen LogP) is 7.79. The van der Waals surface area contributed by atoms with Crippen molar-refractivity contribution in [2.45, 2.75) is 128 Å². The van der Waals surface area contributed by atoms with Gasteiger partial charge in [-0.1, -0.05) is 76.3 Å². The SMILES string of the molecule is O=C(OC1CCCCCCCCC1)c1ccccc1C(=O)OC1CCCCCCCCC1. The molecule has 1 aromatic carbocycles. The Balaban J connectivity index is 1.61. The summed E-state index contributed by atoms with van der Waals surface area (Å²) >= 11 is 0. The van der Waals surface area contributed by atoms with Crippen molar-refractivity contribution in [3.05, 3.63) is 35.4 Å². The molecule has 0 aliphatic heterocycles. The Bertz CT molecular complexity index is 619. The van der Waals surface area contributed by atoms with Crippen LogP contribution in [0, 0.1) is 0 Å². The van der Waals surface area contributed by atoms with Gasteiger partial charge in [0, 0.05) is 0 Å². The first-order chi connectivity index (χ1) is 15.7. The summed E-state index contributed by atoms with van der Waals surface area (Å²) in [5.41, 5.74) is 0.684. The van der Waals surface area contributed by atoms with Gasteiger partial charge in [0.1, 0.15) is 12.2 Å². The second-order valence-corrected chi connectivity index (χ2v) is 9.70. The van der Waals surface area contributed by atoms with Crippen LogP contribution in [-0.4, -0.2) is 24.1 Å². The van der Waals surface area contributed by atoms with Gasteiger partial charge in [-0.2, -0.15) is 0 Å². The highest BCUT2D eigenvalue weighted by Crippen LogP contribution is 2.23. The topological polar surface area (TPSA) is 52.6 Å². The average molecular weight is 443 g/mol. The van der Waals surface area contributed by atoms with Crippen molar-refractivity contribution in [3.63, 3.8) is 0 Å². The number of rotatable bonds is 4. The Morgan fingerprint density at radius 2 is 0.781 bits per heavy atom. The van der Waals surface area contributed by atoms with Crippen molar-refractivity contribution in [2.24, 2.45) is 0 Å². The lowest BCUT2D eigenvalue weighted by Gasteiger charge is -2.21. The van der Waals surface area contributed by atoms with Crippen molar-refractivity contribution < 1.29 is 19.1 Å². The molecule has 32 heavy (non-hydrogen) atoms. The Morgan fingerprint density at radius 1 is 0.500 bits per heavy atom. The summed E-state index contributed by atoms with van der Waals surface area (Å²) in [6.45, 7) is 0. The van der Waals surface area contributed by atoms with Gasteiger partial charge in [-0.25, -0.2) is 9.59 Å². The van der Waals surface area contributed by atoms with Gasteiger partial charge in [-0.05, 0) is 63.5 Å². The van der Waals surface area contributed by atoms with Crippen LogP contribution in [0.4, 0.5) is 0 Å². The number of carbonyl (C=O) groups excluding carboxylic acids is 2. The number of hydrogen-bond donors (Lipinski definition) is 0. The third kappa shape index (κ3) is 8.60. The maximum Gasteiger partial charge on any atom is 0.339 e. The molecule has 2 aliphatic carbocycles. The van der Waals surface area contributed by atoms with Crippen LogP contribution in [0.1, 0.15) is 136 Å². The standard InChI is InChI=1S/C28H42O4/c29-27(31-23-17-11-7-3-1-4-8-12-18-23)25-21-15-16-22-26(25)28(30)32-24-19-13-9-5-2-6-10-14-20-24/h15-16,21-24H,1-14,17-20H2. The molecule has 0 N–H and O–H groups in total. The average Bonchev–Trinajstić information content (AvgIpc) is 2.82. The van der Waals surface area contributed by atoms with E-state index in [1.807, 2.05) is 0 Å². The minimum atomic E-state index is -0.384. The molecule has 0 atom stereocenters. The first-order valence-electron chi connectivity index (χ1n) is 13.2. The van der Waals surface area contributed by atoms with Crippen molar-refractivity contribution >= 4 is 11.9 Å². The maximum atomic E-state index is 13.0. The molecular weight excluding hydrogens is 400 g/mol. The summed E-state index contributed by atoms with van der Waals surface area (Å²) in [5, 5.41) is 0. The minimum absolute atomic E-state index is 0.0528. The summed E-state index contributed by atoms with van der Waals surface area (Å²) in [6.07, 6.45) is 20.5. The molecule has 2 fully saturated rings. The maximum absolute atomic E-state index is 13.0. The van der Waals surface area contributed by atoms with Gasteiger partial charge in [0.05, 0.1) is 11.1 Å². The van der Waals surface area contributed by atoms with Crippen molar-refractivity contribution in [3.8, 4) is 0 Å². The Labute approximate surface area is 194 Å². The van der Waals surface area contributed by atoms with Gasteiger partial charge < -0.3 is 9.47 Å². The number of esters is 2. The summed E-state index contributed by atoms with van der Waals surface area (Å²) in [6, 6.07) is 6.99. The van der Waals surface area contributed by atoms with Crippen molar-refractivity contribution in [2.75, 3.05) is 0 Å². The molecule has 4 heteroatoms. The Hall–Kier alpha value is -1.84. The van der Waals surface area contributed by atoms with E-state index in [9.17, 15) is 9.59 Å². The molecule has 0 saturated heterocycles. The fourth-order valence-corrected chi connectivity index (χ4v) is 5.05. The lowest BCUT2D eigenvalue weighted by atomic mass is 9.98. The van der Waals surface area contributed by atoms with E-state index in [0.717, 1.165) is 51.4 Å². The number of benzene rings is 1. The van der Waals surface area contributed by atoms with E-state index >= 15 is 0 Å². The van der Waals surface area contributed by atoms with E-state index < -0.39 is 0 Å². The summed E-state index contributed by atoms with van der Waals surface area (Å²) in [5.74, 6) is -0.767. The monoisotopic (exact) mass is 442 g/mol. The quantitative estimate of drug-likeness (QED) is 0.447. The Kier molecular flexibility index (Phi) is 11.1. The summed E-state index contributed by atoms with van der Waals surface area (Å²) < 4.78 is 11.8. The normalized spacial score (nSPS) is 20.8. The van der Waals surface area contributed by atoms with Gasteiger partial charge in [-0.15, -0.1) is 0 Å². The molecule has 178 valence electrons. The first-order valence-corrected chi connectivity index (χ1v) is 13.2. The van der Waals surface area contributed by atoms with Crippen LogP contribution in [0.2, 0.25) is 0 Å². The lowest BCUT2D eigenvalue weighted by molar-refractivity contribution is 0.0198. The zero-order chi connectivity index (χ0) is 22.4. The van der Waals surface area contributed by atoms with E-state index in [0.29, 0.717) is 11.1 Å². The van der Waals surface area contributed by atoms with Gasteiger partial charge in [-0.3, -0.25) is 0 Å². The van der Waals surface area contributed by atoms with Crippen LogP contribution in [0.25, 0.3) is 0 Å². The molecular formula is C28H42O4. The molecule has 4 nitrogen and oxygen atoms in total. The van der Waals surface area contributed by atoms with Crippen LogP contribution < -0.4 is 0 Å². The molecule has 0 unspecified atom stereocenters. The lowest BCUT2D eigenvalue weighted by Crippen LogP contribution is -2.23. The second kappa shape index (κ2) is 14.3. The highest BCUT2D eigenvalue weighted by molar-refractivity contribution is 6.03. The van der Waals surface area contributed by atoms with Gasteiger partial charge >= 0.3 is 11.9 Å². The number of carbonyl (C=O) groups is 2. The Morgan fingerprint density at radius 3 is 1.09 bits per heavy atom. The summed E-state index contributed by atoms with van der Waals surface area (Å²) in [7, 11) is 0. The van der Waals surface area contributed by atoms with Crippen molar-refractivity contribution in [1.29, 1.82) is 0 Å². The highest BCUT2D eigenvalue weighted by Gasteiger charge is 2.24. The van der Waals surface area contributed by atoms with Crippen LogP contribution >= 0.6 is 0 Å². The van der Waals surface area contributed by atoms with Gasteiger partial charge in [0.15, 0.2) is 0 Å². The molecule has 0 heterocycles. The summed E-state index contributed by atoms with van der Waals surface area (Å²) in [4.78, 5) is 26.1. The minimum Gasteiger partial charge on any atom is -0.459 e. The largest absolute Gasteiger partial charge is 0.459 e. The first kappa shape index (κ1) is 24.8. The highest BCUT2D eigenvalue weighted by atomic mass is 16.5. The van der Waals surface area contributed by atoms with Crippen LogP contribution in [0.15, 0.2) is 24.3 Å². The predicted molar refractivity (Wildman–Crippen MR) is 128 cm³/mol. The molecule has 0 radical (unpaired) electrons. The van der Waals surface area contributed by atoms with E-state index in [4.69, 9.17) is 9.47 Å². The fraction of sp³-hybridized carbons (Fsp3) is 0.714. The molecule has 0 spiro atoms. The smallest absolute Gasteiger partial charge is 0.339 e.